The van der Waals surface area contributed by atoms with Crippen LogP contribution >= 0.6 is 11.6 Å². The van der Waals surface area contributed by atoms with E-state index < -0.39 is 15.9 Å². The minimum absolute atomic E-state index is 0.187. The first-order valence-corrected chi connectivity index (χ1v) is 12.2. The Morgan fingerprint density at radius 1 is 1.20 bits per heavy atom. The Labute approximate surface area is 183 Å². The SMILES string of the molecule is CCCCn1nc(C)c(C(=O)Nc2cc(S(=O)(=O)N3CCCCC3)ccc2C)c1Cl. The van der Waals surface area contributed by atoms with Gasteiger partial charge >= 0.3 is 0 Å². The van der Waals surface area contributed by atoms with E-state index in [1.165, 1.54) is 10.4 Å². The molecule has 1 saturated heterocycles. The van der Waals surface area contributed by atoms with Crippen LogP contribution in [0.1, 0.15) is 60.6 Å². The lowest BCUT2D eigenvalue weighted by atomic mass is 10.2. The summed E-state index contributed by atoms with van der Waals surface area (Å²) in [6.07, 6.45) is 4.70. The maximum atomic E-state index is 13.0. The molecule has 1 amide bonds. The number of aryl methyl sites for hydroxylation is 3. The number of hydrogen-bond donors (Lipinski definition) is 1. The van der Waals surface area contributed by atoms with Crippen molar-refractivity contribution in [2.75, 3.05) is 18.4 Å². The van der Waals surface area contributed by atoms with Gasteiger partial charge in [-0.3, -0.25) is 9.48 Å². The van der Waals surface area contributed by atoms with Gasteiger partial charge in [0.2, 0.25) is 10.0 Å². The average molecular weight is 453 g/mol. The first-order chi connectivity index (χ1) is 14.3. The highest BCUT2D eigenvalue weighted by Crippen LogP contribution is 2.27. The molecule has 1 aliphatic rings. The van der Waals surface area contributed by atoms with Crippen molar-refractivity contribution in [1.82, 2.24) is 14.1 Å². The van der Waals surface area contributed by atoms with Crippen LogP contribution in [0, 0.1) is 13.8 Å². The van der Waals surface area contributed by atoms with Gasteiger partial charge in [0.05, 0.1) is 16.2 Å². The van der Waals surface area contributed by atoms with E-state index in [-0.39, 0.29) is 4.90 Å². The largest absolute Gasteiger partial charge is 0.322 e. The van der Waals surface area contributed by atoms with Crippen molar-refractivity contribution in [3.63, 3.8) is 0 Å². The Morgan fingerprint density at radius 3 is 2.57 bits per heavy atom. The normalized spacial score (nSPS) is 15.3. The fourth-order valence-corrected chi connectivity index (χ4v) is 5.49. The van der Waals surface area contributed by atoms with Gasteiger partial charge in [-0.1, -0.05) is 37.4 Å². The molecule has 0 aliphatic carbocycles. The van der Waals surface area contributed by atoms with E-state index in [0.717, 1.165) is 37.7 Å². The molecule has 2 heterocycles. The molecule has 1 aliphatic heterocycles. The molecule has 1 aromatic heterocycles. The number of benzene rings is 1. The van der Waals surface area contributed by atoms with Crippen LogP contribution in [0.25, 0.3) is 0 Å². The molecule has 0 unspecified atom stereocenters. The Balaban J connectivity index is 1.86. The molecule has 7 nitrogen and oxygen atoms in total. The second-order valence-electron chi connectivity index (χ2n) is 7.72. The Kier molecular flexibility index (Phi) is 7.21. The van der Waals surface area contributed by atoms with E-state index in [9.17, 15) is 13.2 Å². The molecule has 2 aromatic rings. The lowest BCUT2D eigenvalue weighted by Crippen LogP contribution is -2.35. The highest BCUT2D eigenvalue weighted by atomic mass is 35.5. The fourth-order valence-electron chi connectivity index (χ4n) is 3.60. The third kappa shape index (κ3) is 4.71. The van der Waals surface area contributed by atoms with Gasteiger partial charge in [0, 0.05) is 25.3 Å². The van der Waals surface area contributed by atoms with Crippen molar-refractivity contribution < 1.29 is 13.2 Å². The van der Waals surface area contributed by atoms with Gasteiger partial charge in [0.15, 0.2) is 0 Å². The first-order valence-electron chi connectivity index (χ1n) is 10.4. The van der Waals surface area contributed by atoms with Gasteiger partial charge < -0.3 is 5.32 Å². The molecule has 1 aromatic carbocycles. The summed E-state index contributed by atoms with van der Waals surface area (Å²) in [7, 11) is -3.58. The molecule has 0 atom stereocenters. The zero-order valence-electron chi connectivity index (χ0n) is 17.7. The van der Waals surface area contributed by atoms with Crippen LogP contribution in [-0.2, 0) is 16.6 Å². The molecule has 0 radical (unpaired) electrons. The number of rotatable bonds is 7. The van der Waals surface area contributed by atoms with Crippen LogP contribution in [0.15, 0.2) is 23.1 Å². The maximum Gasteiger partial charge on any atom is 0.260 e. The maximum absolute atomic E-state index is 13.0. The van der Waals surface area contributed by atoms with E-state index in [0.29, 0.717) is 41.7 Å². The van der Waals surface area contributed by atoms with E-state index in [1.807, 2.05) is 6.92 Å². The first kappa shape index (κ1) is 22.8. The monoisotopic (exact) mass is 452 g/mol. The summed E-state index contributed by atoms with van der Waals surface area (Å²) in [5, 5.41) is 7.50. The van der Waals surface area contributed by atoms with Crippen LogP contribution in [0.2, 0.25) is 5.15 Å². The molecule has 1 fully saturated rings. The fraction of sp³-hybridized carbons (Fsp3) is 0.524. The molecule has 30 heavy (non-hydrogen) atoms. The van der Waals surface area contributed by atoms with E-state index in [1.54, 1.807) is 23.7 Å². The number of nitrogens with zero attached hydrogens (tertiary/aromatic N) is 3. The second-order valence-corrected chi connectivity index (χ2v) is 10.0. The quantitative estimate of drug-likeness (QED) is 0.675. The third-order valence-electron chi connectivity index (χ3n) is 5.43. The molecule has 164 valence electrons. The van der Waals surface area contributed by atoms with Crippen LogP contribution in [0.5, 0.6) is 0 Å². The number of aromatic nitrogens is 2. The number of hydrogen-bond acceptors (Lipinski definition) is 4. The number of carbonyl (C=O) groups excluding carboxylic acids is 1. The number of nitrogens with one attached hydrogen (secondary N) is 1. The summed E-state index contributed by atoms with van der Waals surface area (Å²) >= 11 is 6.41. The number of amides is 1. The number of sulfonamides is 1. The second kappa shape index (κ2) is 9.49. The molecule has 0 bridgehead atoms. The average Bonchev–Trinajstić information content (AvgIpc) is 3.01. The number of carbonyl (C=O) groups is 1. The summed E-state index contributed by atoms with van der Waals surface area (Å²) in [6, 6.07) is 4.84. The van der Waals surface area contributed by atoms with Crippen molar-refractivity contribution >= 4 is 33.2 Å². The topological polar surface area (TPSA) is 84.3 Å². The number of unbranched alkanes of at least 4 members (excludes halogenated alkanes) is 1. The molecular weight excluding hydrogens is 424 g/mol. The highest BCUT2D eigenvalue weighted by molar-refractivity contribution is 7.89. The van der Waals surface area contributed by atoms with Gasteiger partial charge in [0.25, 0.3) is 5.91 Å². The van der Waals surface area contributed by atoms with Crippen molar-refractivity contribution in [3.05, 3.63) is 40.2 Å². The summed E-state index contributed by atoms with van der Waals surface area (Å²) in [4.78, 5) is 13.1. The third-order valence-corrected chi connectivity index (χ3v) is 7.70. The van der Waals surface area contributed by atoms with Gasteiger partial charge in [-0.25, -0.2) is 8.42 Å². The highest BCUT2D eigenvalue weighted by Gasteiger charge is 2.27. The summed E-state index contributed by atoms with van der Waals surface area (Å²) in [5.41, 5.74) is 2.09. The predicted octanol–water partition coefficient (Wildman–Crippen LogP) is 4.38. The van der Waals surface area contributed by atoms with E-state index >= 15 is 0 Å². The summed E-state index contributed by atoms with van der Waals surface area (Å²) in [6.45, 7) is 7.35. The number of halogens is 1. The minimum atomic E-state index is -3.58. The molecule has 3 rings (SSSR count). The predicted molar refractivity (Wildman–Crippen MR) is 119 cm³/mol. The lowest BCUT2D eigenvalue weighted by Gasteiger charge is -2.26. The smallest absolute Gasteiger partial charge is 0.260 e. The minimum Gasteiger partial charge on any atom is -0.322 e. The Hall–Kier alpha value is -1.90. The van der Waals surface area contributed by atoms with E-state index in [2.05, 4.69) is 17.3 Å². The summed E-state index contributed by atoms with van der Waals surface area (Å²) < 4.78 is 29.2. The summed E-state index contributed by atoms with van der Waals surface area (Å²) in [5.74, 6) is -0.393. The van der Waals surface area contributed by atoms with Gasteiger partial charge in [-0.05, 0) is 50.8 Å². The van der Waals surface area contributed by atoms with Crippen molar-refractivity contribution in [3.8, 4) is 0 Å². The van der Waals surface area contributed by atoms with Crippen LogP contribution in [-0.4, -0.2) is 41.5 Å². The van der Waals surface area contributed by atoms with Gasteiger partial charge in [-0.15, -0.1) is 0 Å². The molecule has 1 N–H and O–H groups in total. The lowest BCUT2D eigenvalue weighted by molar-refractivity contribution is 0.102. The van der Waals surface area contributed by atoms with Crippen molar-refractivity contribution in [2.45, 2.75) is 64.3 Å². The van der Waals surface area contributed by atoms with E-state index in [4.69, 9.17) is 11.6 Å². The van der Waals surface area contributed by atoms with Crippen molar-refractivity contribution in [1.29, 1.82) is 0 Å². The molecule has 9 heteroatoms. The van der Waals surface area contributed by atoms with Gasteiger partial charge in [-0.2, -0.15) is 9.40 Å². The Bertz CT molecular complexity index is 1030. The molecular formula is C21H29ClN4O3S. The van der Waals surface area contributed by atoms with Crippen LogP contribution in [0.4, 0.5) is 5.69 Å². The molecule has 0 spiro atoms. The van der Waals surface area contributed by atoms with Crippen LogP contribution < -0.4 is 5.32 Å². The standard InChI is InChI=1S/C21H29ClN4O3S/c1-4-5-13-26-20(22)19(16(3)24-26)21(27)23-18-14-17(10-9-15(18)2)30(28,29)25-11-7-6-8-12-25/h9-10,14H,4-8,11-13H2,1-3H3,(H,23,27). The van der Waals surface area contributed by atoms with Gasteiger partial charge in [0.1, 0.15) is 5.15 Å². The van der Waals surface area contributed by atoms with Crippen molar-refractivity contribution in [2.24, 2.45) is 0 Å². The van der Waals surface area contributed by atoms with Crippen LogP contribution in [0.3, 0.4) is 0 Å². The zero-order valence-corrected chi connectivity index (χ0v) is 19.3. The molecule has 0 saturated carbocycles. The number of piperidine rings is 1. The Morgan fingerprint density at radius 2 is 1.90 bits per heavy atom. The number of anilines is 1. The zero-order chi connectivity index (χ0) is 21.9.